The number of hydrogen-bond acceptors (Lipinski definition) is 6. The van der Waals surface area contributed by atoms with Gasteiger partial charge in [-0.2, -0.15) is 16.6 Å². The van der Waals surface area contributed by atoms with Crippen molar-refractivity contribution in [2.45, 2.75) is 19.3 Å². The first-order valence-electron chi connectivity index (χ1n) is 9.50. The molecule has 0 bridgehead atoms. The normalized spacial score (nSPS) is 15.5. The van der Waals surface area contributed by atoms with E-state index in [-0.39, 0.29) is 17.9 Å². The molecular formula is C22H19N3O3S2. The maximum absolute atomic E-state index is 12.3. The van der Waals surface area contributed by atoms with E-state index < -0.39 is 0 Å². The van der Waals surface area contributed by atoms with Gasteiger partial charge in [-0.1, -0.05) is 0 Å². The number of ether oxygens (including phenoxy) is 1. The van der Waals surface area contributed by atoms with Crippen molar-refractivity contribution >= 4 is 45.8 Å². The summed E-state index contributed by atoms with van der Waals surface area (Å²) in [7, 11) is 0. The Hall–Kier alpha value is -3.15. The van der Waals surface area contributed by atoms with Crippen LogP contribution in [0.1, 0.15) is 28.0 Å². The highest BCUT2D eigenvalue weighted by Gasteiger charge is 2.27. The van der Waals surface area contributed by atoms with E-state index >= 15 is 0 Å². The molecule has 3 aromatic rings. The molecule has 1 aliphatic carbocycles. The number of anilines is 1. The van der Waals surface area contributed by atoms with Crippen molar-refractivity contribution in [1.82, 2.24) is 4.57 Å². The van der Waals surface area contributed by atoms with Crippen LogP contribution in [0.2, 0.25) is 0 Å². The molecule has 4 rings (SSSR count). The molecule has 152 valence electrons. The Balaban J connectivity index is 1.40. The van der Waals surface area contributed by atoms with Crippen LogP contribution in [0.5, 0.6) is 0 Å². The summed E-state index contributed by atoms with van der Waals surface area (Å²) in [6, 6.07) is 7.72. The minimum Gasteiger partial charge on any atom is -0.449 e. The number of aromatic nitrogens is 1. The lowest BCUT2D eigenvalue weighted by Gasteiger charge is -2.21. The van der Waals surface area contributed by atoms with Gasteiger partial charge in [0.1, 0.15) is 11.1 Å². The van der Waals surface area contributed by atoms with Gasteiger partial charge in [-0.3, -0.25) is 9.36 Å². The fraction of sp³-hybridized carbons (Fsp3) is 0.227. The molecule has 0 aliphatic heterocycles. The highest BCUT2D eigenvalue weighted by atomic mass is 32.1. The molecule has 1 aliphatic rings. The van der Waals surface area contributed by atoms with Crippen molar-refractivity contribution in [3.8, 4) is 6.07 Å². The van der Waals surface area contributed by atoms with E-state index in [4.69, 9.17) is 4.74 Å². The quantitative estimate of drug-likeness (QED) is 0.574. The molecular weight excluding hydrogens is 418 g/mol. The number of nitrogens with zero attached hydrogens (tertiary/aromatic N) is 2. The first kappa shape index (κ1) is 20.1. The van der Waals surface area contributed by atoms with Crippen LogP contribution in [0.15, 0.2) is 47.4 Å². The summed E-state index contributed by atoms with van der Waals surface area (Å²) in [4.78, 5) is 25.4. The van der Waals surface area contributed by atoms with Gasteiger partial charge in [-0.05, 0) is 71.3 Å². The molecule has 1 N–H and O–H groups in total. The van der Waals surface area contributed by atoms with Gasteiger partial charge in [0.25, 0.3) is 0 Å². The largest absolute Gasteiger partial charge is 0.449 e. The Morgan fingerprint density at radius 1 is 1.37 bits per heavy atom. The number of nitrogens with one attached hydrogen (secondary N) is 1. The van der Waals surface area contributed by atoms with E-state index in [2.05, 4.69) is 11.4 Å². The van der Waals surface area contributed by atoms with Gasteiger partial charge in [0.15, 0.2) is 0 Å². The predicted octanol–water partition coefficient (Wildman–Crippen LogP) is 4.92. The smallest absolute Gasteiger partial charge is 0.417 e. The first-order chi connectivity index (χ1) is 14.6. The minimum atomic E-state index is -0.389. The summed E-state index contributed by atoms with van der Waals surface area (Å²) >= 11 is 3.01. The van der Waals surface area contributed by atoms with Gasteiger partial charge in [0.2, 0.25) is 5.91 Å². The third-order valence-electron chi connectivity index (χ3n) is 4.94. The van der Waals surface area contributed by atoms with Gasteiger partial charge in [-0.15, -0.1) is 11.3 Å². The van der Waals surface area contributed by atoms with E-state index in [1.165, 1.54) is 22.0 Å². The van der Waals surface area contributed by atoms with E-state index in [0.29, 0.717) is 17.2 Å². The SMILES string of the molecule is N#Cc1c(NC(=O)/C=C/c2ccsc2)sc2c1CCC(COC(=O)n1cccc1)C2. The van der Waals surface area contributed by atoms with E-state index in [1.807, 2.05) is 16.8 Å². The lowest BCUT2D eigenvalue weighted by atomic mass is 9.88. The molecule has 30 heavy (non-hydrogen) atoms. The Labute approximate surface area is 182 Å². The zero-order chi connectivity index (χ0) is 20.9. The topological polar surface area (TPSA) is 84.1 Å². The second kappa shape index (κ2) is 9.11. The fourth-order valence-electron chi connectivity index (χ4n) is 3.42. The van der Waals surface area contributed by atoms with Crippen LogP contribution < -0.4 is 5.32 Å². The summed E-state index contributed by atoms with van der Waals surface area (Å²) in [5.74, 6) is -0.0576. The van der Waals surface area contributed by atoms with Gasteiger partial charge in [0, 0.05) is 23.3 Å². The summed E-state index contributed by atoms with van der Waals surface area (Å²) in [6.07, 6.45) is 8.45. The van der Waals surface area contributed by atoms with E-state index in [0.717, 1.165) is 35.3 Å². The molecule has 0 saturated heterocycles. The van der Waals surface area contributed by atoms with Crippen molar-refractivity contribution in [3.63, 3.8) is 0 Å². The van der Waals surface area contributed by atoms with Crippen LogP contribution in [0.25, 0.3) is 6.08 Å². The molecule has 3 aromatic heterocycles. The van der Waals surface area contributed by atoms with Gasteiger partial charge in [-0.25, -0.2) is 4.79 Å². The Morgan fingerprint density at radius 2 is 2.20 bits per heavy atom. The molecule has 8 heteroatoms. The van der Waals surface area contributed by atoms with Crippen molar-refractivity contribution in [3.05, 3.63) is 69.0 Å². The number of carbonyl (C=O) groups excluding carboxylic acids is 2. The van der Waals surface area contributed by atoms with Crippen LogP contribution >= 0.6 is 22.7 Å². The van der Waals surface area contributed by atoms with Crippen LogP contribution in [0, 0.1) is 17.2 Å². The predicted molar refractivity (Wildman–Crippen MR) is 118 cm³/mol. The Bertz CT molecular complexity index is 1110. The van der Waals surface area contributed by atoms with Crippen molar-refractivity contribution in [2.75, 3.05) is 11.9 Å². The minimum absolute atomic E-state index is 0.198. The van der Waals surface area contributed by atoms with Gasteiger partial charge >= 0.3 is 6.09 Å². The Kier molecular flexibility index (Phi) is 6.12. The molecule has 1 unspecified atom stereocenters. The van der Waals surface area contributed by atoms with Crippen LogP contribution in [-0.4, -0.2) is 23.2 Å². The average Bonchev–Trinajstić information content (AvgIpc) is 3.51. The third-order valence-corrected chi connectivity index (χ3v) is 6.82. The summed E-state index contributed by atoms with van der Waals surface area (Å²) in [6.45, 7) is 0.335. The fourth-order valence-corrected chi connectivity index (χ4v) is 5.36. The lowest BCUT2D eigenvalue weighted by Crippen LogP contribution is -2.22. The molecule has 0 saturated carbocycles. The summed E-state index contributed by atoms with van der Waals surface area (Å²) in [5, 5.41) is 17.0. The van der Waals surface area contributed by atoms with Crippen LogP contribution in [-0.2, 0) is 22.4 Å². The zero-order valence-electron chi connectivity index (χ0n) is 16.0. The van der Waals surface area contributed by atoms with Crippen molar-refractivity contribution in [1.29, 1.82) is 5.26 Å². The molecule has 0 radical (unpaired) electrons. The van der Waals surface area contributed by atoms with E-state index in [1.54, 1.807) is 41.9 Å². The Morgan fingerprint density at radius 3 is 2.93 bits per heavy atom. The van der Waals surface area contributed by atoms with Gasteiger partial charge in [0.05, 0.1) is 12.2 Å². The number of hydrogen-bond donors (Lipinski definition) is 1. The molecule has 3 heterocycles. The second-order valence-corrected chi connectivity index (χ2v) is 8.86. The number of rotatable bonds is 5. The van der Waals surface area contributed by atoms with E-state index in [9.17, 15) is 14.9 Å². The standard InChI is InChI=1S/C22H19N3O3S2/c23-12-18-17-5-3-16(13-28-22(27)25-8-1-2-9-25)11-19(17)30-21(18)24-20(26)6-4-15-7-10-29-14-15/h1-2,4,6-10,14,16H,3,5,11,13H2,(H,24,26)/b6-4+. The second-order valence-electron chi connectivity index (χ2n) is 6.98. The maximum atomic E-state index is 12.3. The monoisotopic (exact) mass is 437 g/mol. The third kappa shape index (κ3) is 4.53. The summed E-state index contributed by atoms with van der Waals surface area (Å²) in [5.41, 5.74) is 2.53. The van der Waals surface area contributed by atoms with Gasteiger partial charge < -0.3 is 10.1 Å². The lowest BCUT2D eigenvalue weighted by molar-refractivity contribution is -0.111. The number of carbonyl (C=O) groups is 2. The molecule has 0 spiro atoms. The number of fused-ring (bicyclic) bond motifs is 1. The van der Waals surface area contributed by atoms with Crippen molar-refractivity contribution in [2.24, 2.45) is 5.92 Å². The molecule has 0 aromatic carbocycles. The molecule has 6 nitrogen and oxygen atoms in total. The summed E-state index contributed by atoms with van der Waals surface area (Å²) < 4.78 is 6.83. The highest BCUT2D eigenvalue weighted by Crippen LogP contribution is 2.39. The zero-order valence-corrected chi connectivity index (χ0v) is 17.7. The number of nitriles is 1. The molecule has 1 atom stereocenters. The number of amides is 1. The van der Waals surface area contributed by atoms with Crippen molar-refractivity contribution < 1.29 is 14.3 Å². The average molecular weight is 438 g/mol. The maximum Gasteiger partial charge on any atom is 0.417 e. The molecule has 1 amide bonds. The number of thiophene rings is 2. The first-order valence-corrected chi connectivity index (χ1v) is 11.3. The van der Waals surface area contributed by atoms with Crippen LogP contribution in [0.4, 0.5) is 9.80 Å². The highest BCUT2D eigenvalue weighted by molar-refractivity contribution is 7.16. The molecule has 0 fully saturated rings. The van der Waals surface area contributed by atoms with Crippen LogP contribution in [0.3, 0.4) is 0 Å².